The van der Waals surface area contributed by atoms with Gasteiger partial charge in [0.1, 0.15) is 6.54 Å². The van der Waals surface area contributed by atoms with Gasteiger partial charge in [-0.1, -0.05) is 57.9 Å². The van der Waals surface area contributed by atoms with Crippen molar-refractivity contribution in [1.82, 2.24) is 0 Å². The molecule has 47 heavy (non-hydrogen) atoms. The zero-order valence-corrected chi connectivity index (χ0v) is 29.0. The number of hydrogen-bond donors (Lipinski definition) is 0. The summed E-state index contributed by atoms with van der Waals surface area (Å²) in [4.78, 5) is 40.9. The first-order chi connectivity index (χ1) is 22.5. The minimum absolute atomic E-state index is 0.117. The number of ketones is 1. The number of benzene rings is 2. The van der Waals surface area contributed by atoms with E-state index in [0.29, 0.717) is 16.7 Å². The number of carbonyl (C=O) groups excluding carboxylic acids is 1. The van der Waals surface area contributed by atoms with Gasteiger partial charge in [0.15, 0.2) is 17.2 Å². The van der Waals surface area contributed by atoms with Gasteiger partial charge in [-0.25, -0.2) is 0 Å². The van der Waals surface area contributed by atoms with Crippen LogP contribution in [-0.2, 0) is 10.2 Å². The molecule has 7 nitrogen and oxygen atoms in total. The van der Waals surface area contributed by atoms with Crippen LogP contribution >= 0.6 is 0 Å². The first-order valence-corrected chi connectivity index (χ1v) is 17.3. The van der Waals surface area contributed by atoms with Gasteiger partial charge in [-0.2, -0.15) is 4.58 Å². The van der Waals surface area contributed by atoms with E-state index >= 15 is 0 Å². The first kappa shape index (κ1) is 34.1. The maximum Gasteiger partial charge on any atom is 0.268 e. The Bertz CT molecular complexity index is 1820. The van der Waals surface area contributed by atoms with Crippen LogP contribution in [0.15, 0.2) is 69.5 Å². The van der Waals surface area contributed by atoms with Gasteiger partial charge in [0.2, 0.25) is 11.1 Å². The molecule has 3 aromatic rings. The van der Waals surface area contributed by atoms with E-state index < -0.39 is 16.3 Å². The summed E-state index contributed by atoms with van der Waals surface area (Å²) in [5.41, 5.74) is 4.27. The lowest BCUT2D eigenvalue weighted by Crippen LogP contribution is -2.36. The molecule has 248 valence electrons. The number of anilines is 1. The summed E-state index contributed by atoms with van der Waals surface area (Å²) in [5.74, 6) is -0.344. The van der Waals surface area contributed by atoms with Crippen LogP contribution in [0.3, 0.4) is 0 Å². The molecular formula is C40H48N2O5. The van der Waals surface area contributed by atoms with E-state index in [4.69, 9.17) is 4.74 Å². The van der Waals surface area contributed by atoms with Crippen LogP contribution in [0, 0.1) is 0 Å². The quantitative estimate of drug-likeness (QED) is 0.106. The molecule has 0 fully saturated rings. The molecule has 0 atom stereocenters. The van der Waals surface area contributed by atoms with Crippen molar-refractivity contribution < 1.29 is 19.2 Å². The number of allylic oxidation sites excluding steroid dienone is 3. The van der Waals surface area contributed by atoms with E-state index in [1.165, 1.54) is 0 Å². The molecule has 2 aliphatic rings. The van der Waals surface area contributed by atoms with Crippen LogP contribution in [0.4, 0.5) is 11.4 Å². The average Bonchev–Trinajstić information content (AvgIpc) is 3.26. The Morgan fingerprint density at radius 2 is 1.49 bits per heavy atom. The molecule has 7 heteroatoms. The third-order valence-electron chi connectivity index (χ3n) is 9.44. The molecule has 0 radical (unpaired) electrons. The molecule has 1 aliphatic heterocycles. The van der Waals surface area contributed by atoms with Crippen molar-refractivity contribution in [2.24, 2.45) is 0 Å². The molecule has 0 N–H and O–H groups in total. The predicted octanol–water partition coefficient (Wildman–Crippen LogP) is 6.60. The second-order valence-corrected chi connectivity index (χ2v) is 13.6. The van der Waals surface area contributed by atoms with Crippen LogP contribution < -0.4 is 25.6 Å². The van der Waals surface area contributed by atoms with Crippen molar-refractivity contribution in [3.63, 3.8) is 0 Å². The number of carbonyl (C=O) groups is 1. The summed E-state index contributed by atoms with van der Waals surface area (Å²) in [6.45, 7) is 17.0. The molecule has 0 amide bonds. The Balaban J connectivity index is 1.48. The van der Waals surface area contributed by atoms with E-state index in [1.54, 1.807) is 6.08 Å². The van der Waals surface area contributed by atoms with Gasteiger partial charge in [0, 0.05) is 54.0 Å². The lowest BCUT2D eigenvalue weighted by molar-refractivity contribution is -0.438. The Hall–Kier alpha value is -4.26. The summed E-state index contributed by atoms with van der Waals surface area (Å²) in [6.07, 6.45) is 7.94. The summed E-state index contributed by atoms with van der Waals surface area (Å²) in [5, 5.41) is 13.6. The highest BCUT2D eigenvalue weighted by Gasteiger charge is 2.46. The number of nitrogens with zero attached hydrogens (tertiary/aromatic N) is 2. The van der Waals surface area contributed by atoms with E-state index in [-0.39, 0.29) is 34.5 Å². The molecule has 0 unspecified atom stereocenters. The van der Waals surface area contributed by atoms with Gasteiger partial charge in [0.05, 0.1) is 17.1 Å². The lowest BCUT2D eigenvalue weighted by atomic mass is 9.77. The molecule has 0 saturated heterocycles. The number of rotatable bonds is 15. The Labute approximate surface area is 278 Å². The van der Waals surface area contributed by atoms with Crippen LogP contribution in [0.2, 0.25) is 0 Å². The summed E-state index contributed by atoms with van der Waals surface area (Å²) in [6, 6.07) is 13.6. The number of hydrogen-bond acceptors (Lipinski definition) is 6. The molecule has 5 rings (SSSR count). The van der Waals surface area contributed by atoms with Crippen LogP contribution in [0.25, 0.3) is 16.7 Å². The molecule has 0 bridgehead atoms. The van der Waals surface area contributed by atoms with Crippen molar-refractivity contribution in [2.75, 3.05) is 24.5 Å². The van der Waals surface area contributed by atoms with E-state index in [9.17, 15) is 19.5 Å². The normalized spacial score (nSPS) is 16.4. The van der Waals surface area contributed by atoms with E-state index in [0.717, 1.165) is 80.8 Å². The van der Waals surface area contributed by atoms with Crippen molar-refractivity contribution in [3.8, 4) is 16.9 Å². The second kappa shape index (κ2) is 13.8. The van der Waals surface area contributed by atoms with Crippen molar-refractivity contribution in [1.29, 1.82) is 0 Å². The van der Waals surface area contributed by atoms with Gasteiger partial charge in [-0.3, -0.25) is 14.4 Å². The maximum absolute atomic E-state index is 13.6. The molecular weight excluding hydrogens is 588 g/mol. The maximum atomic E-state index is 13.6. The number of fused-ring (bicyclic) bond motifs is 1. The van der Waals surface area contributed by atoms with Gasteiger partial charge in [-0.05, 0) is 75.9 Å². The smallest absolute Gasteiger partial charge is 0.268 e. The predicted molar refractivity (Wildman–Crippen MR) is 189 cm³/mol. The molecule has 1 heterocycles. The van der Waals surface area contributed by atoms with Crippen LogP contribution in [-0.4, -0.2) is 41.8 Å². The van der Waals surface area contributed by atoms with Crippen molar-refractivity contribution in [2.45, 2.75) is 98.5 Å². The van der Waals surface area contributed by atoms with Crippen molar-refractivity contribution in [3.05, 3.63) is 91.4 Å². The van der Waals surface area contributed by atoms with Gasteiger partial charge < -0.3 is 14.7 Å². The highest BCUT2D eigenvalue weighted by atomic mass is 16.5. The number of Topliss-reactive ketones (excluding diaryl/α,β-unsaturated/α-hetero) is 1. The third kappa shape index (κ3) is 6.24. The SMILES string of the molecule is CCCCN(CCCC)c1ccc(C2=C([O-])C(=CC3=[N+](CCCC)c4ccc(-c5c(OC(C)C)c(=O)c5=O)cc4C3(C)C)C2=O)cc1. The highest BCUT2D eigenvalue weighted by Crippen LogP contribution is 2.44. The van der Waals surface area contributed by atoms with Crippen LogP contribution in [0.5, 0.6) is 5.75 Å². The standard InChI is InChI=1S/C40H48N2O5/c1-8-11-20-41(21-12-9-2)28-17-14-26(15-18-28)33-35(43)29(36(33)44)24-32-40(6,7)30-23-27(16-19-31(30)42(32)22-13-10-3)34-37(45)38(46)39(34)47-25(4)5/h14-19,23-25H,8-13,20-22H2,1-7H3. The Kier molecular flexibility index (Phi) is 10.0. The van der Waals surface area contributed by atoms with Gasteiger partial charge in [-0.15, -0.1) is 0 Å². The fraction of sp³-hybridized carbons (Fsp3) is 0.450. The number of ether oxygens (including phenoxy) is 1. The topological polar surface area (TPSA) is 89.8 Å². The van der Waals surface area contributed by atoms with E-state index in [1.807, 2.05) is 56.3 Å². The minimum atomic E-state index is -0.593. The third-order valence-corrected chi connectivity index (χ3v) is 9.44. The zero-order valence-electron chi connectivity index (χ0n) is 29.0. The molecule has 0 spiro atoms. The lowest BCUT2D eigenvalue weighted by Gasteiger charge is -2.31. The van der Waals surface area contributed by atoms with Gasteiger partial charge >= 0.3 is 0 Å². The first-order valence-electron chi connectivity index (χ1n) is 17.3. The summed E-state index contributed by atoms with van der Waals surface area (Å²) < 4.78 is 7.89. The summed E-state index contributed by atoms with van der Waals surface area (Å²) >= 11 is 0. The second-order valence-electron chi connectivity index (χ2n) is 13.6. The highest BCUT2D eigenvalue weighted by molar-refractivity contribution is 6.40. The molecule has 0 aromatic heterocycles. The molecule has 3 aromatic carbocycles. The fourth-order valence-corrected chi connectivity index (χ4v) is 6.68. The summed E-state index contributed by atoms with van der Waals surface area (Å²) in [7, 11) is 0. The Morgan fingerprint density at radius 1 is 0.872 bits per heavy atom. The number of unbranched alkanes of at least 4 members (excludes halogenated alkanes) is 3. The van der Waals surface area contributed by atoms with Gasteiger partial charge in [0.25, 0.3) is 5.43 Å². The minimum Gasteiger partial charge on any atom is -0.871 e. The monoisotopic (exact) mass is 636 g/mol. The van der Waals surface area contributed by atoms with E-state index in [2.05, 4.69) is 44.1 Å². The zero-order chi connectivity index (χ0) is 34.0. The molecule has 1 aliphatic carbocycles. The average molecular weight is 637 g/mol. The van der Waals surface area contributed by atoms with Crippen molar-refractivity contribution >= 4 is 28.4 Å². The largest absolute Gasteiger partial charge is 0.871 e. The Morgan fingerprint density at radius 3 is 2.06 bits per heavy atom. The molecule has 0 saturated carbocycles. The van der Waals surface area contributed by atoms with Crippen LogP contribution in [0.1, 0.15) is 98.1 Å². The fourth-order valence-electron chi connectivity index (χ4n) is 6.68.